The molecule has 1 aromatic heterocycles. The molecule has 23 heavy (non-hydrogen) atoms. The molecular formula is C14H17N3O5S. The van der Waals surface area contributed by atoms with Gasteiger partial charge in [0.15, 0.2) is 5.82 Å². The molecule has 1 aromatic carbocycles. The summed E-state index contributed by atoms with van der Waals surface area (Å²) in [4.78, 5) is 14.9. The third kappa shape index (κ3) is 3.93. The summed E-state index contributed by atoms with van der Waals surface area (Å²) in [6.45, 7) is 5.11. The van der Waals surface area contributed by atoms with Gasteiger partial charge in [0.05, 0.1) is 17.0 Å². The summed E-state index contributed by atoms with van der Waals surface area (Å²) in [6, 6.07) is 4.05. The molecule has 0 atom stereocenters. The largest absolute Gasteiger partial charge is 0.478 e. The number of rotatable bonds is 6. The van der Waals surface area contributed by atoms with Gasteiger partial charge in [-0.1, -0.05) is 25.1 Å². The van der Waals surface area contributed by atoms with Gasteiger partial charge in [-0.2, -0.15) is 4.98 Å². The number of aryl methyl sites for hydroxylation is 1. The third-order valence-corrected chi connectivity index (χ3v) is 4.61. The maximum absolute atomic E-state index is 12.5. The van der Waals surface area contributed by atoms with Crippen LogP contribution in [0.4, 0.5) is 0 Å². The number of aromatic carboxylic acids is 1. The van der Waals surface area contributed by atoms with Gasteiger partial charge in [0, 0.05) is 0 Å². The number of nitrogens with one attached hydrogen (secondary N) is 1. The zero-order valence-corrected chi connectivity index (χ0v) is 13.7. The van der Waals surface area contributed by atoms with Crippen molar-refractivity contribution in [2.75, 3.05) is 0 Å². The first-order valence-corrected chi connectivity index (χ1v) is 8.35. The Bertz CT molecular complexity index is 827. The molecule has 2 rings (SSSR count). The molecule has 0 aliphatic rings. The van der Waals surface area contributed by atoms with Crippen molar-refractivity contribution in [2.24, 2.45) is 0 Å². The second-order valence-electron chi connectivity index (χ2n) is 5.27. The van der Waals surface area contributed by atoms with E-state index in [0.717, 1.165) is 6.07 Å². The zero-order chi connectivity index (χ0) is 17.2. The van der Waals surface area contributed by atoms with E-state index in [1.165, 1.54) is 12.1 Å². The Morgan fingerprint density at radius 3 is 2.61 bits per heavy atom. The van der Waals surface area contributed by atoms with E-state index >= 15 is 0 Å². The number of hydrogen-bond donors (Lipinski definition) is 2. The molecule has 0 saturated heterocycles. The molecule has 0 amide bonds. The molecule has 1 heterocycles. The molecule has 2 aromatic rings. The molecular weight excluding hydrogens is 322 g/mol. The topological polar surface area (TPSA) is 122 Å². The van der Waals surface area contributed by atoms with Gasteiger partial charge in [0.2, 0.25) is 15.9 Å². The highest BCUT2D eigenvalue weighted by atomic mass is 32.2. The Labute approximate surface area is 133 Å². The molecule has 2 N–H and O–H groups in total. The molecule has 0 spiro atoms. The van der Waals surface area contributed by atoms with E-state index in [1.807, 2.05) is 13.8 Å². The van der Waals surface area contributed by atoms with E-state index in [-0.39, 0.29) is 28.8 Å². The van der Waals surface area contributed by atoms with Gasteiger partial charge in [0.1, 0.15) is 0 Å². The van der Waals surface area contributed by atoms with Crippen LogP contribution in [0.15, 0.2) is 27.6 Å². The van der Waals surface area contributed by atoms with E-state index in [2.05, 4.69) is 14.9 Å². The van der Waals surface area contributed by atoms with Crippen LogP contribution >= 0.6 is 0 Å². The second-order valence-corrected chi connectivity index (χ2v) is 7.01. The highest BCUT2D eigenvalue weighted by Gasteiger charge is 2.22. The summed E-state index contributed by atoms with van der Waals surface area (Å²) in [5.41, 5.74) is 0.438. The molecule has 0 fully saturated rings. The number of benzene rings is 1. The fraction of sp³-hybridized carbons (Fsp3) is 0.357. The van der Waals surface area contributed by atoms with Crippen molar-refractivity contribution < 1.29 is 22.8 Å². The molecule has 0 unspecified atom stereocenters. The lowest BCUT2D eigenvalue weighted by Gasteiger charge is -2.14. The lowest BCUT2D eigenvalue weighted by Crippen LogP contribution is -2.25. The second kappa shape index (κ2) is 6.47. The van der Waals surface area contributed by atoms with Crippen molar-refractivity contribution in [3.05, 3.63) is 41.0 Å². The maximum Gasteiger partial charge on any atom is 0.335 e. The summed E-state index contributed by atoms with van der Waals surface area (Å²) in [7, 11) is -3.92. The number of carboxylic acid groups (broad SMARTS) is 1. The quantitative estimate of drug-likeness (QED) is 0.820. The Morgan fingerprint density at radius 1 is 1.39 bits per heavy atom. The van der Waals surface area contributed by atoms with Gasteiger partial charge in [-0.3, -0.25) is 0 Å². The Balaban J connectivity index is 2.36. The number of carboxylic acids is 1. The fourth-order valence-corrected chi connectivity index (χ4v) is 3.39. The monoisotopic (exact) mass is 339 g/mol. The lowest BCUT2D eigenvalue weighted by molar-refractivity contribution is 0.0696. The molecule has 124 valence electrons. The SMILES string of the molecule is Cc1noc(CNS(=O)(=O)c2cc(C(=O)O)ccc2C(C)C)n1. The summed E-state index contributed by atoms with van der Waals surface area (Å²) in [5.74, 6) is -0.749. The first kappa shape index (κ1) is 17.1. The Morgan fingerprint density at radius 2 is 2.09 bits per heavy atom. The van der Waals surface area contributed by atoms with Gasteiger partial charge < -0.3 is 9.63 Å². The maximum atomic E-state index is 12.5. The van der Waals surface area contributed by atoms with Crippen LogP contribution in [0.3, 0.4) is 0 Å². The molecule has 0 bridgehead atoms. The van der Waals surface area contributed by atoms with E-state index in [9.17, 15) is 13.2 Å². The normalized spacial score (nSPS) is 11.8. The van der Waals surface area contributed by atoms with Crippen LogP contribution in [0, 0.1) is 6.92 Å². The standard InChI is InChI=1S/C14H17N3O5S/c1-8(2)11-5-4-10(14(18)19)6-12(11)23(20,21)15-7-13-16-9(3)17-22-13/h4-6,8,15H,7H2,1-3H3,(H,18,19). The van der Waals surface area contributed by atoms with Gasteiger partial charge in [0.25, 0.3) is 0 Å². The highest BCUT2D eigenvalue weighted by Crippen LogP contribution is 2.25. The van der Waals surface area contributed by atoms with Crippen LogP contribution in [0.5, 0.6) is 0 Å². The summed E-state index contributed by atoms with van der Waals surface area (Å²) in [5, 5.41) is 12.6. The minimum Gasteiger partial charge on any atom is -0.478 e. The van der Waals surface area contributed by atoms with Crippen LogP contribution in [0.2, 0.25) is 0 Å². The molecule has 9 heteroatoms. The average molecular weight is 339 g/mol. The van der Waals surface area contributed by atoms with Crippen molar-refractivity contribution in [1.29, 1.82) is 0 Å². The Kier molecular flexibility index (Phi) is 4.81. The van der Waals surface area contributed by atoms with Gasteiger partial charge >= 0.3 is 5.97 Å². The van der Waals surface area contributed by atoms with Crippen molar-refractivity contribution >= 4 is 16.0 Å². The minimum atomic E-state index is -3.92. The summed E-state index contributed by atoms with van der Waals surface area (Å²) >= 11 is 0. The van der Waals surface area contributed by atoms with Crippen LogP contribution < -0.4 is 4.72 Å². The number of sulfonamides is 1. The van der Waals surface area contributed by atoms with Gasteiger partial charge in [-0.05, 0) is 30.5 Å². The van der Waals surface area contributed by atoms with Crippen molar-refractivity contribution in [3.63, 3.8) is 0 Å². The average Bonchev–Trinajstić information content (AvgIpc) is 2.90. The van der Waals surface area contributed by atoms with Crippen LogP contribution in [0.25, 0.3) is 0 Å². The van der Waals surface area contributed by atoms with E-state index in [1.54, 1.807) is 6.92 Å². The fourth-order valence-electron chi connectivity index (χ4n) is 2.02. The molecule has 8 nitrogen and oxygen atoms in total. The van der Waals surface area contributed by atoms with Crippen LogP contribution in [-0.4, -0.2) is 29.6 Å². The predicted molar refractivity (Wildman–Crippen MR) is 80.6 cm³/mol. The van der Waals surface area contributed by atoms with Crippen LogP contribution in [-0.2, 0) is 16.6 Å². The van der Waals surface area contributed by atoms with Gasteiger partial charge in [-0.15, -0.1) is 0 Å². The molecule has 0 aliphatic heterocycles. The first-order chi connectivity index (χ1) is 10.7. The number of carbonyl (C=O) groups is 1. The lowest BCUT2D eigenvalue weighted by atomic mass is 10.0. The number of nitrogens with zero attached hydrogens (tertiary/aromatic N) is 2. The minimum absolute atomic E-state index is 0.0661. The van der Waals surface area contributed by atoms with Crippen molar-refractivity contribution in [2.45, 2.75) is 38.1 Å². The Hall–Kier alpha value is -2.26. The van der Waals surface area contributed by atoms with E-state index < -0.39 is 16.0 Å². The van der Waals surface area contributed by atoms with Crippen molar-refractivity contribution in [1.82, 2.24) is 14.9 Å². The smallest absolute Gasteiger partial charge is 0.335 e. The first-order valence-electron chi connectivity index (χ1n) is 6.87. The molecule has 0 saturated carbocycles. The third-order valence-electron chi connectivity index (χ3n) is 3.16. The number of hydrogen-bond acceptors (Lipinski definition) is 6. The summed E-state index contributed by atoms with van der Waals surface area (Å²) < 4.78 is 32.2. The van der Waals surface area contributed by atoms with Crippen molar-refractivity contribution in [3.8, 4) is 0 Å². The van der Waals surface area contributed by atoms with Crippen LogP contribution in [0.1, 0.15) is 47.4 Å². The number of aromatic nitrogens is 2. The van der Waals surface area contributed by atoms with Gasteiger partial charge in [-0.25, -0.2) is 17.9 Å². The predicted octanol–water partition coefficient (Wildman–Crippen LogP) is 1.68. The molecule has 0 radical (unpaired) electrons. The van der Waals surface area contributed by atoms with E-state index in [0.29, 0.717) is 11.4 Å². The highest BCUT2D eigenvalue weighted by molar-refractivity contribution is 7.89. The van der Waals surface area contributed by atoms with E-state index in [4.69, 9.17) is 9.63 Å². The molecule has 0 aliphatic carbocycles. The zero-order valence-electron chi connectivity index (χ0n) is 12.9. The summed E-state index contributed by atoms with van der Waals surface area (Å²) in [6.07, 6.45) is 0.